The van der Waals surface area contributed by atoms with Gasteiger partial charge in [0.1, 0.15) is 5.69 Å². The smallest absolute Gasteiger partial charge is 0.271 e. The van der Waals surface area contributed by atoms with Gasteiger partial charge >= 0.3 is 0 Å². The van der Waals surface area contributed by atoms with Gasteiger partial charge in [-0.25, -0.2) is 0 Å². The van der Waals surface area contributed by atoms with Gasteiger partial charge in [0.25, 0.3) is 11.8 Å². The number of H-pyrrole nitrogens is 1. The number of amides is 2. The van der Waals surface area contributed by atoms with E-state index in [1.54, 1.807) is 24.3 Å². The predicted octanol–water partition coefficient (Wildman–Crippen LogP) is 4.74. The fourth-order valence-electron chi connectivity index (χ4n) is 2.66. The van der Waals surface area contributed by atoms with Crippen LogP contribution in [0.15, 0.2) is 59.1 Å². The molecule has 0 unspecified atom stereocenters. The Morgan fingerprint density at radius 3 is 2.36 bits per heavy atom. The van der Waals surface area contributed by atoms with E-state index in [-0.39, 0.29) is 17.4 Å². The molecule has 0 fully saturated rings. The van der Waals surface area contributed by atoms with Crippen molar-refractivity contribution in [1.82, 2.24) is 15.5 Å². The molecule has 0 aliphatic heterocycles. The van der Waals surface area contributed by atoms with Gasteiger partial charge in [-0.15, -0.1) is 0 Å². The zero-order valence-electron chi connectivity index (χ0n) is 15.2. The first-order chi connectivity index (χ1) is 13.3. The molecule has 2 aromatic carbocycles. The van der Waals surface area contributed by atoms with Gasteiger partial charge in [-0.2, -0.15) is 5.10 Å². The number of hydrogen-bond donors (Lipinski definition) is 3. The number of benzene rings is 2. The summed E-state index contributed by atoms with van der Waals surface area (Å²) < 4.78 is 0.356. The summed E-state index contributed by atoms with van der Waals surface area (Å²) in [5.41, 5.74) is 0.893. The molecule has 1 aromatic heterocycles. The summed E-state index contributed by atoms with van der Waals surface area (Å²) in [6.45, 7) is 3.81. The first-order valence-corrected chi connectivity index (χ1v) is 9.64. The molecule has 0 saturated carbocycles. The molecule has 0 aliphatic rings. The van der Waals surface area contributed by atoms with E-state index in [2.05, 4.69) is 36.8 Å². The van der Waals surface area contributed by atoms with Crippen LogP contribution in [0.2, 0.25) is 5.02 Å². The van der Waals surface area contributed by atoms with Crippen LogP contribution in [0.25, 0.3) is 0 Å². The lowest BCUT2D eigenvalue weighted by Crippen LogP contribution is -2.41. The van der Waals surface area contributed by atoms with Crippen LogP contribution in [0.5, 0.6) is 0 Å². The molecule has 0 spiro atoms. The van der Waals surface area contributed by atoms with Gasteiger partial charge in [0, 0.05) is 0 Å². The van der Waals surface area contributed by atoms with E-state index >= 15 is 0 Å². The van der Waals surface area contributed by atoms with Crippen molar-refractivity contribution in [3.8, 4) is 0 Å². The maximum absolute atomic E-state index is 12.7. The second kappa shape index (κ2) is 8.16. The normalized spacial score (nSPS) is 11.1. The summed E-state index contributed by atoms with van der Waals surface area (Å²) in [5, 5.41) is 12.6. The van der Waals surface area contributed by atoms with Gasteiger partial charge in [0.15, 0.2) is 5.82 Å². The number of aromatic nitrogens is 2. The van der Waals surface area contributed by atoms with Crippen LogP contribution in [0.3, 0.4) is 0 Å². The molecule has 8 heteroatoms. The minimum absolute atomic E-state index is 0.201. The Kier molecular flexibility index (Phi) is 5.86. The number of carbonyl (C=O) groups excluding carboxylic acids is 2. The molecule has 144 valence electrons. The third-order valence-corrected chi connectivity index (χ3v) is 5.31. The standard InChI is InChI=1S/C20H18BrClN4O2/c1-20(2,12-8-4-3-5-9-12)24-19(28)16-15(21)17(26-25-16)23-18(27)13-10-6-7-11-14(13)22/h3-11H,1-2H3,(H,24,28)(H2,23,25,26,27). The Labute approximate surface area is 175 Å². The lowest BCUT2D eigenvalue weighted by atomic mass is 9.94. The monoisotopic (exact) mass is 460 g/mol. The predicted molar refractivity (Wildman–Crippen MR) is 113 cm³/mol. The third kappa shape index (κ3) is 4.26. The van der Waals surface area contributed by atoms with Gasteiger partial charge in [-0.3, -0.25) is 14.7 Å². The van der Waals surface area contributed by atoms with Crippen molar-refractivity contribution in [3.05, 3.63) is 80.9 Å². The number of halogens is 2. The number of rotatable bonds is 5. The number of anilines is 1. The SMILES string of the molecule is CC(C)(NC(=O)c1[nH]nc(NC(=O)c2ccccc2Cl)c1Br)c1ccccc1. The van der Waals surface area contributed by atoms with Crippen LogP contribution >= 0.6 is 27.5 Å². The molecule has 3 N–H and O–H groups in total. The number of carbonyl (C=O) groups is 2. The van der Waals surface area contributed by atoms with E-state index in [1.165, 1.54) is 0 Å². The van der Waals surface area contributed by atoms with E-state index in [1.807, 2.05) is 44.2 Å². The third-order valence-electron chi connectivity index (χ3n) is 4.21. The number of nitrogens with zero attached hydrogens (tertiary/aromatic N) is 1. The number of nitrogens with one attached hydrogen (secondary N) is 3. The van der Waals surface area contributed by atoms with Crippen LogP contribution in [0.4, 0.5) is 5.82 Å². The second-order valence-electron chi connectivity index (χ2n) is 6.64. The molecule has 3 rings (SSSR count). The average molecular weight is 462 g/mol. The van der Waals surface area contributed by atoms with E-state index < -0.39 is 11.4 Å². The van der Waals surface area contributed by atoms with Crippen LogP contribution < -0.4 is 10.6 Å². The van der Waals surface area contributed by atoms with Crippen molar-refractivity contribution >= 4 is 45.2 Å². The van der Waals surface area contributed by atoms with Crippen LogP contribution in [-0.4, -0.2) is 22.0 Å². The molecule has 6 nitrogen and oxygen atoms in total. The quantitative estimate of drug-likeness (QED) is 0.513. The van der Waals surface area contributed by atoms with Gasteiger partial charge in [-0.05, 0) is 47.5 Å². The maximum Gasteiger partial charge on any atom is 0.271 e. The van der Waals surface area contributed by atoms with Gasteiger partial charge in [0.2, 0.25) is 0 Å². The Balaban J connectivity index is 1.76. The molecule has 28 heavy (non-hydrogen) atoms. The van der Waals surface area contributed by atoms with Crippen LogP contribution in [-0.2, 0) is 5.54 Å². The van der Waals surface area contributed by atoms with Crippen molar-refractivity contribution in [2.75, 3.05) is 5.32 Å². The summed E-state index contributed by atoms with van der Waals surface area (Å²) in [5.74, 6) is -0.576. The van der Waals surface area contributed by atoms with Crippen molar-refractivity contribution in [2.45, 2.75) is 19.4 Å². The van der Waals surface area contributed by atoms with E-state index in [0.29, 0.717) is 15.1 Å². The molecule has 3 aromatic rings. The summed E-state index contributed by atoms with van der Waals surface area (Å²) >= 11 is 9.38. The highest BCUT2D eigenvalue weighted by atomic mass is 79.9. The molecular weight excluding hydrogens is 444 g/mol. The maximum atomic E-state index is 12.7. The van der Waals surface area contributed by atoms with Gasteiger partial charge < -0.3 is 10.6 Å². The molecule has 0 bridgehead atoms. The molecule has 0 atom stereocenters. The fourth-order valence-corrected chi connectivity index (χ4v) is 3.33. The Hall–Kier alpha value is -2.64. The summed E-state index contributed by atoms with van der Waals surface area (Å²) in [6, 6.07) is 16.3. The fraction of sp³-hybridized carbons (Fsp3) is 0.150. The average Bonchev–Trinajstić information content (AvgIpc) is 3.03. The lowest BCUT2D eigenvalue weighted by molar-refractivity contribution is 0.0905. The number of hydrogen-bond acceptors (Lipinski definition) is 3. The minimum Gasteiger partial charge on any atom is -0.342 e. The Bertz CT molecular complexity index is 1020. The largest absolute Gasteiger partial charge is 0.342 e. The molecular formula is C20H18BrClN4O2. The van der Waals surface area contributed by atoms with Crippen LogP contribution in [0.1, 0.15) is 40.3 Å². The van der Waals surface area contributed by atoms with E-state index in [4.69, 9.17) is 11.6 Å². The second-order valence-corrected chi connectivity index (χ2v) is 7.84. The van der Waals surface area contributed by atoms with E-state index in [9.17, 15) is 9.59 Å². The molecule has 1 heterocycles. The zero-order chi connectivity index (χ0) is 20.3. The van der Waals surface area contributed by atoms with E-state index in [0.717, 1.165) is 5.56 Å². The van der Waals surface area contributed by atoms with Crippen molar-refractivity contribution < 1.29 is 9.59 Å². The first-order valence-electron chi connectivity index (χ1n) is 8.47. The van der Waals surface area contributed by atoms with Crippen LogP contribution in [0, 0.1) is 0 Å². The highest BCUT2D eigenvalue weighted by Gasteiger charge is 2.26. The molecule has 0 saturated heterocycles. The molecule has 0 radical (unpaired) electrons. The minimum atomic E-state index is -0.593. The first kappa shape index (κ1) is 20.1. The Morgan fingerprint density at radius 1 is 1.04 bits per heavy atom. The van der Waals surface area contributed by atoms with Crippen molar-refractivity contribution in [3.63, 3.8) is 0 Å². The highest BCUT2D eigenvalue weighted by molar-refractivity contribution is 9.10. The lowest BCUT2D eigenvalue weighted by Gasteiger charge is -2.26. The topological polar surface area (TPSA) is 86.9 Å². The summed E-state index contributed by atoms with van der Waals surface area (Å²) in [6.07, 6.45) is 0. The van der Waals surface area contributed by atoms with Gasteiger partial charge in [0.05, 0.1) is 20.6 Å². The van der Waals surface area contributed by atoms with Crippen molar-refractivity contribution in [2.24, 2.45) is 0 Å². The van der Waals surface area contributed by atoms with Gasteiger partial charge in [-0.1, -0.05) is 54.1 Å². The molecule has 0 aliphatic carbocycles. The molecule has 2 amide bonds. The summed E-state index contributed by atoms with van der Waals surface area (Å²) in [4.78, 5) is 25.1. The number of aromatic amines is 1. The zero-order valence-corrected chi connectivity index (χ0v) is 17.6. The Morgan fingerprint density at radius 2 is 1.68 bits per heavy atom. The van der Waals surface area contributed by atoms with Crippen molar-refractivity contribution in [1.29, 1.82) is 0 Å². The highest BCUT2D eigenvalue weighted by Crippen LogP contribution is 2.27. The summed E-state index contributed by atoms with van der Waals surface area (Å²) in [7, 11) is 0.